The summed E-state index contributed by atoms with van der Waals surface area (Å²) in [5, 5.41) is 19.1. The Hall–Kier alpha value is -1.09. The van der Waals surface area contributed by atoms with Crippen LogP contribution < -0.4 is 0 Å². The van der Waals surface area contributed by atoms with Gasteiger partial charge in [-0.2, -0.15) is 0 Å². The van der Waals surface area contributed by atoms with Crippen molar-refractivity contribution in [3.8, 4) is 0 Å². The number of allylic oxidation sites excluding steroid dienone is 1. The highest BCUT2D eigenvalue weighted by atomic mass is 16.4. The number of hydrogen-bond acceptors (Lipinski definition) is 2. The molecule has 0 aromatic heterocycles. The van der Waals surface area contributed by atoms with Crippen LogP contribution in [0.25, 0.3) is 0 Å². The maximum absolute atomic E-state index is 11.2. The van der Waals surface area contributed by atoms with Gasteiger partial charge in [0, 0.05) is 5.57 Å². The Labute approximate surface area is 108 Å². The molecule has 0 heterocycles. The molecule has 0 radical (unpaired) electrons. The molecule has 1 saturated carbocycles. The van der Waals surface area contributed by atoms with E-state index in [0.717, 1.165) is 18.4 Å². The zero-order valence-corrected chi connectivity index (χ0v) is 11.1. The molecule has 0 aliphatic heterocycles. The largest absolute Gasteiger partial charge is 0.478 e. The summed E-state index contributed by atoms with van der Waals surface area (Å²) in [5.74, 6) is 0.0374. The van der Waals surface area contributed by atoms with Crippen molar-refractivity contribution in [2.24, 2.45) is 17.3 Å². The zero-order valence-electron chi connectivity index (χ0n) is 11.1. The maximum atomic E-state index is 11.2. The fourth-order valence-electron chi connectivity index (χ4n) is 3.15. The molecular formula is C15H22O3. The molecule has 0 unspecified atom stereocenters. The van der Waals surface area contributed by atoms with E-state index in [9.17, 15) is 15.0 Å². The first-order chi connectivity index (χ1) is 8.34. The molecule has 0 aromatic rings. The third kappa shape index (κ3) is 2.37. The van der Waals surface area contributed by atoms with Crippen LogP contribution in [0.3, 0.4) is 0 Å². The van der Waals surface area contributed by atoms with E-state index in [1.165, 1.54) is 0 Å². The molecule has 0 aromatic carbocycles. The molecule has 2 rings (SSSR count). The number of carbonyl (C=O) groups is 1. The molecule has 1 fully saturated rings. The SMILES string of the molecule is C=C1CC[C@@H]2[C@H](C=C(C(=O)O)CC[C@@H]1O)C2(C)C. The molecule has 0 spiro atoms. The summed E-state index contributed by atoms with van der Waals surface area (Å²) in [6.45, 7) is 8.30. The Morgan fingerprint density at radius 3 is 2.67 bits per heavy atom. The van der Waals surface area contributed by atoms with Crippen molar-refractivity contribution in [3.63, 3.8) is 0 Å². The number of fused-ring (bicyclic) bond motifs is 1. The van der Waals surface area contributed by atoms with E-state index in [1.54, 1.807) is 0 Å². The number of carboxylic acid groups (broad SMARTS) is 1. The van der Waals surface area contributed by atoms with Crippen molar-refractivity contribution in [2.45, 2.75) is 45.6 Å². The first-order valence-corrected chi connectivity index (χ1v) is 6.63. The predicted octanol–water partition coefficient (Wildman–Crippen LogP) is 2.76. The number of aliphatic hydroxyl groups excluding tert-OH is 1. The third-order valence-corrected chi connectivity index (χ3v) is 4.73. The molecule has 0 saturated heterocycles. The van der Waals surface area contributed by atoms with E-state index in [0.29, 0.717) is 30.3 Å². The molecule has 3 heteroatoms. The van der Waals surface area contributed by atoms with Gasteiger partial charge in [0.05, 0.1) is 6.10 Å². The Balaban J connectivity index is 2.23. The summed E-state index contributed by atoms with van der Waals surface area (Å²) >= 11 is 0. The molecule has 2 aliphatic rings. The molecule has 0 bridgehead atoms. The number of carboxylic acids is 1. The summed E-state index contributed by atoms with van der Waals surface area (Å²) in [7, 11) is 0. The molecule has 0 amide bonds. The van der Waals surface area contributed by atoms with Crippen LogP contribution in [0.1, 0.15) is 39.5 Å². The van der Waals surface area contributed by atoms with Gasteiger partial charge < -0.3 is 10.2 Å². The first kappa shape index (κ1) is 13.3. The second-order valence-electron chi connectivity index (χ2n) is 6.20. The highest BCUT2D eigenvalue weighted by Crippen LogP contribution is 2.61. The van der Waals surface area contributed by atoms with Gasteiger partial charge in [-0.3, -0.25) is 0 Å². The zero-order chi connectivity index (χ0) is 13.5. The van der Waals surface area contributed by atoms with Gasteiger partial charge in [0.1, 0.15) is 0 Å². The lowest BCUT2D eigenvalue weighted by Crippen LogP contribution is -2.13. The van der Waals surface area contributed by atoms with Crippen LogP contribution in [0.15, 0.2) is 23.8 Å². The van der Waals surface area contributed by atoms with E-state index in [4.69, 9.17) is 0 Å². The van der Waals surface area contributed by atoms with Crippen LogP contribution >= 0.6 is 0 Å². The van der Waals surface area contributed by atoms with Gasteiger partial charge in [-0.1, -0.05) is 26.5 Å². The first-order valence-electron chi connectivity index (χ1n) is 6.63. The molecule has 100 valence electrons. The number of hydrogen-bond donors (Lipinski definition) is 2. The van der Waals surface area contributed by atoms with E-state index in [1.807, 2.05) is 6.08 Å². The molecule has 3 nitrogen and oxygen atoms in total. The van der Waals surface area contributed by atoms with Gasteiger partial charge >= 0.3 is 5.97 Å². The Bertz CT molecular complexity index is 406. The average molecular weight is 250 g/mol. The van der Waals surface area contributed by atoms with Crippen LogP contribution in [-0.4, -0.2) is 22.3 Å². The summed E-state index contributed by atoms with van der Waals surface area (Å²) in [4.78, 5) is 11.2. The van der Waals surface area contributed by atoms with Crippen LogP contribution in [0.2, 0.25) is 0 Å². The summed E-state index contributed by atoms with van der Waals surface area (Å²) in [5.41, 5.74) is 1.49. The highest BCUT2D eigenvalue weighted by molar-refractivity contribution is 5.86. The normalized spacial score (nSPS) is 35.4. The summed E-state index contributed by atoms with van der Waals surface area (Å²) in [6.07, 6.45) is 4.10. The minimum atomic E-state index is -0.852. The Kier molecular flexibility index (Phi) is 3.37. The van der Waals surface area contributed by atoms with E-state index in [-0.39, 0.29) is 5.41 Å². The van der Waals surface area contributed by atoms with Crippen molar-refractivity contribution in [3.05, 3.63) is 23.8 Å². The van der Waals surface area contributed by atoms with Crippen molar-refractivity contribution >= 4 is 5.97 Å². The van der Waals surface area contributed by atoms with Gasteiger partial charge in [0.15, 0.2) is 0 Å². The Morgan fingerprint density at radius 1 is 1.39 bits per heavy atom. The monoisotopic (exact) mass is 250 g/mol. The minimum absolute atomic E-state index is 0.191. The molecular weight excluding hydrogens is 228 g/mol. The molecule has 2 N–H and O–H groups in total. The summed E-state index contributed by atoms with van der Waals surface area (Å²) in [6, 6.07) is 0. The fourth-order valence-corrected chi connectivity index (χ4v) is 3.15. The molecule has 2 aliphatic carbocycles. The highest BCUT2D eigenvalue weighted by Gasteiger charge is 2.55. The van der Waals surface area contributed by atoms with Gasteiger partial charge in [0.2, 0.25) is 0 Å². The van der Waals surface area contributed by atoms with Gasteiger partial charge in [-0.05, 0) is 48.5 Å². The second-order valence-corrected chi connectivity index (χ2v) is 6.20. The molecule has 18 heavy (non-hydrogen) atoms. The smallest absolute Gasteiger partial charge is 0.331 e. The van der Waals surface area contributed by atoms with Gasteiger partial charge in [0.25, 0.3) is 0 Å². The lowest BCUT2D eigenvalue weighted by molar-refractivity contribution is -0.132. The summed E-state index contributed by atoms with van der Waals surface area (Å²) < 4.78 is 0. The van der Waals surface area contributed by atoms with E-state index >= 15 is 0 Å². The second kappa shape index (κ2) is 4.54. The number of aliphatic carboxylic acids is 1. The quantitative estimate of drug-likeness (QED) is 0.703. The molecule has 3 atom stereocenters. The number of aliphatic hydroxyl groups is 1. The van der Waals surface area contributed by atoms with Crippen molar-refractivity contribution < 1.29 is 15.0 Å². The van der Waals surface area contributed by atoms with Crippen molar-refractivity contribution in [1.82, 2.24) is 0 Å². The lowest BCUT2D eigenvalue weighted by Gasteiger charge is -2.15. The van der Waals surface area contributed by atoms with E-state index < -0.39 is 12.1 Å². The van der Waals surface area contributed by atoms with Crippen LogP contribution in [0.4, 0.5) is 0 Å². The van der Waals surface area contributed by atoms with E-state index in [2.05, 4.69) is 20.4 Å². The topological polar surface area (TPSA) is 57.5 Å². The standard InChI is InChI=1S/C15H22O3/c1-9-4-6-11-12(15(11,2)3)8-10(14(17)18)5-7-13(9)16/h8,11-13,16H,1,4-7H2,2-3H3,(H,17,18)/t11-,12+,13+/m1/s1. The van der Waals surface area contributed by atoms with Gasteiger partial charge in [-0.15, -0.1) is 0 Å². The van der Waals surface area contributed by atoms with Crippen molar-refractivity contribution in [1.29, 1.82) is 0 Å². The van der Waals surface area contributed by atoms with Gasteiger partial charge in [-0.25, -0.2) is 4.79 Å². The number of rotatable bonds is 1. The maximum Gasteiger partial charge on any atom is 0.331 e. The fraction of sp³-hybridized carbons (Fsp3) is 0.667. The predicted molar refractivity (Wildman–Crippen MR) is 70.1 cm³/mol. The minimum Gasteiger partial charge on any atom is -0.478 e. The van der Waals surface area contributed by atoms with Crippen molar-refractivity contribution in [2.75, 3.05) is 0 Å². The lowest BCUT2D eigenvalue weighted by atomic mass is 9.95. The third-order valence-electron chi connectivity index (χ3n) is 4.73. The average Bonchev–Trinajstić information content (AvgIpc) is 2.80. The van der Waals surface area contributed by atoms with Crippen LogP contribution in [-0.2, 0) is 4.79 Å². The van der Waals surface area contributed by atoms with Crippen LogP contribution in [0, 0.1) is 17.3 Å². The van der Waals surface area contributed by atoms with Crippen LogP contribution in [0.5, 0.6) is 0 Å². The Morgan fingerprint density at radius 2 is 2.06 bits per heavy atom.